The van der Waals surface area contributed by atoms with Gasteiger partial charge in [-0.15, -0.1) is 0 Å². The van der Waals surface area contributed by atoms with Gasteiger partial charge in [0, 0.05) is 5.69 Å². The van der Waals surface area contributed by atoms with Crippen LogP contribution in [-0.2, 0) is 0 Å². The van der Waals surface area contributed by atoms with Crippen LogP contribution in [0.1, 0.15) is 32.1 Å². The van der Waals surface area contributed by atoms with Gasteiger partial charge in [0.05, 0.1) is 0 Å². The smallest absolute Gasteiger partial charge is 0.242 e. The molecule has 0 radical (unpaired) electrons. The number of nitrogens with one attached hydrogen (secondary N) is 1. The summed E-state index contributed by atoms with van der Waals surface area (Å²) in [5.41, 5.74) is 7.17. The Balaban J connectivity index is 1.74. The zero-order valence-electron chi connectivity index (χ0n) is 12.3. The molecule has 3 rings (SSSR count). The average molecular weight is 302 g/mol. The van der Waals surface area contributed by atoms with Crippen LogP contribution >= 0.6 is 0 Å². The van der Waals surface area contributed by atoms with Crippen LogP contribution in [0.2, 0.25) is 0 Å². The number of benzene rings is 1. The van der Waals surface area contributed by atoms with E-state index in [0.717, 1.165) is 12.8 Å². The first-order valence-electron chi connectivity index (χ1n) is 7.52. The second-order valence-electron chi connectivity index (χ2n) is 5.45. The number of hydrogen-bond donors (Lipinski definition) is 2. The molecule has 1 saturated carbocycles. The normalized spacial score (nSPS) is 15.5. The number of halogens is 1. The summed E-state index contributed by atoms with van der Waals surface area (Å²) < 4.78 is 18.8. The van der Waals surface area contributed by atoms with Crippen molar-refractivity contribution in [3.8, 4) is 5.88 Å². The standard InChI is InChI=1S/C16H19FN4O/c17-11-6-8-12(9-7-11)21-15-14(18)16(20-10-19-15)22-13-4-2-1-3-5-13/h6-10,13H,1-5,18H2,(H,19,20,21). The molecule has 6 heteroatoms. The lowest BCUT2D eigenvalue weighted by Gasteiger charge is -2.23. The molecule has 116 valence electrons. The van der Waals surface area contributed by atoms with Crippen LogP contribution < -0.4 is 15.8 Å². The Bertz CT molecular complexity index is 627. The summed E-state index contributed by atoms with van der Waals surface area (Å²) in [6.45, 7) is 0. The molecular formula is C16H19FN4O. The summed E-state index contributed by atoms with van der Waals surface area (Å²) in [6, 6.07) is 6.00. The fourth-order valence-electron chi connectivity index (χ4n) is 2.58. The van der Waals surface area contributed by atoms with E-state index in [-0.39, 0.29) is 11.9 Å². The maximum atomic E-state index is 12.9. The van der Waals surface area contributed by atoms with Gasteiger partial charge in [-0.2, -0.15) is 4.98 Å². The summed E-state index contributed by atoms with van der Waals surface area (Å²) in [6.07, 6.45) is 7.27. The van der Waals surface area contributed by atoms with Gasteiger partial charge in [0.1, 0.15) is 23.9 Å². The Labute approximate surface area is 128 Å². The van der Waals surface area contributed by atoms with Crippen molar-refractivity contribution in [3.05, 3.63) is 36.4 Å². The van der Waals surface area contributed by atoms with Gasteiger partial charge in [0.2, 0.25) is 5.88 Å². The maximum absolute atomic E-state index is 12.9. The van der Waals surface area contributed by atoms with Crippen LogP contribution in [0.15, 0.2) is 30.6 Å². The topological polar surface area (TPSA) is 73.1 Å². The summed E-state index contributed by atoms with van der Waals surface area (Å²) in [4.78, 5) is 8.26. The molecule has 0 atom stereocenters. The van der Waals surface area contributed by atoms with E-state index >= 15 is 0 Å². The Morgan fingerprint density at radius 3 is 2.55 bits per heavy atom. The SMILES string of the molecule is Nc1c(Nc2ccc(F)cc2)ncnc1OC1CCCCC1. The first-order chi connectivity index (χ1) is 10.7. The van der Waals surface area contributed by atoms with Crippen LogP contribution in [0.5, 0.6) is 5.88 Å². The number of nitrogen functional groups attached to an aromatic ring is 1. The van der Waals surface area contributed by atoms with Gasteiger partial charge in [0.25, 0.3) is 0 Å². The minimum absolute atomic E-state index is 0.171. The summed E-state index contributed by atoms with van der Waals surface area (Å²) in [7, 11) is 0. The van der Waals surface area contributed by atoms with E-state index in [1.165, 1.54) is 37.7 Å². The van der Waals surface area contributed by atoms with Crippen molar-refractivity contribution >= 4 is 17.2 Å². The lowest BCUT2D eigenvalue weighted by molar-refractivity contribution is 0.149. The monoisotopic (exact) mass is 302 g/mol. The summed E-state index contributed by atoms with van der Waals surface area (Å²) in [5, 5.41) is 3.05. The number of ether oxygens (including phenoxy) is 1. The maximum Gasteiger partial charge on any atom is 0.242 e. The van der Waals surface area contributed by atoms with Crippen molar-refractivity contribution in [1.29, 1.82) is 0 Å². The Kier molecular flexibility index (Phi) is 4.37. The van der Waals surface area contributed by atoms with Crippen molar-refractivity contribution in [3.63, 3.8) is 0 Å². The average Bonchev–Trinajstić information content (AvgIpc) is 2.54. The highest BCUT2D eigenvalue weighted by Crippen LogP contribution is 2.30. The van der Waals surface area contributed by atoms with Crippen LogP contribution in [0.4, 0.5) is 21.6 Å². The van der Waals surface area contributed by atoms with E-state index in [9.17, 15) is 4.39 Å². The minimum Gasteiger partial charge on any atom is -0.473 e. The predicted octanol–water partition coefficient (Wildman–Crippen LogP) is 3.65. The molecule has 1 aliphatic rings. The quantitative estimate of drug-likeness (QED) is 0.901. The molecule has 1 aliphatic carbocycles. The molecule has 1 aromatic heterocycles. The molecule has 0 unspecified atom stereocenters. The number of nitrogens with two attached hydrogens (primary N) is 1. The Hall–Kier alpha value is -2.37. The van der Waals surface area contributed by atoms with Crippen molar-refractivity contribution < 1.29 is 9.13 Å². The zero-order chi connectivity index (χ0) is 15.4. The highest BCUT2D eigenvalue weighted by molar-refractivity contribution is 5.72. The number of rotatable bonds is 4. The molecule has 0 spiro atoms. The number of hydrogen-bond acceptors (Lipinski definition) is 5. The first kappa shape index (κ1) is 14.6. The minimum atomic E-state index is -0.289. The molecule has 5 nitrogen and oxygen atoms in total. The first-order valence-corrected chi connectivity index (χ1v) is 7.52. The number of anilines is 3. The predicted molar refractivity (Wildman–Crippen MR) is 83.6 cm³/mol. The van der Waals surface area contributed by atoms with Gasteiger partial charge < -0.3 is 15.8 Å². The van der Waals surface area contributed by atoms with Crippen molar-refractivity contribution in [1.82, 2.24) is 9.97 Å². The van der Waals surface area contributed by atoms with E-state index in [1.54, 1.807) is 12.1 Å². The third-order valence-corrected chi connectivity index (χ3v) is 3.78. The molecule has 0 amide bonds. The van der Waals surface area contributed by atoms with Crippen molar-refractivity contribution in [2.75, 3.05) is 11.1 Å². The highest BCUT2D eigenvalue weighted by Gasteiger charge is 2.18. The molecular weight excluding hydrogens is 283 g/mol. The van der Waals surface area contributed by atoms with Crippen molar-refractivity contribution in [2.24, 2.45) is 0 Å². The fourth-order valence-corrected chi connectivity index (χ4v) is 2.58. The second kappa shape index (κ2) is 6.60. The lowest BCUT2D eigenvalue weighted by atomic mass is 9.98. The summed E-state index contributed by atoms with van der Waals surface area (Å²) in [5.74, 6) is 0.585. The van der Waals surface area contributed by atoms with Gasteiger partial charge in [-0.3, -0.25) is 0 Å². The highest BCUT2D eigenvalue weighted by atomic mass is 19.1. The summed E-state index contributed by atoms with van der Waals surface area (Å²) >= 11 is 0. The number of aromatic nitrogens is 2. The molecule has 1 fully saturated rings. The zero-order valence-corrected chi connectivity index (χ0v) is 12.3. The molecule has 22 heavy (non-hydrogen) atoms. The Morgan fingerprint density at radius 1 is 1.09 bits per heavy atom. The third-order valence-electron chi connectivity index (χ3n) is 3.78. The fraction of sp³-hybridized carbons (Fsp3) is 0.375. The van der Waals surface area contributed by atoms with E-state index < -0.39 is 0 Å². The van der Waals surface area contributed by atoms with E-state index in [1.807, 2.05) is 0 Å². The van der Waals surface area contributed by atoms with Gasteiger partial charge in [0.15, 0.2) is 5.82 Å². The van der Waals surface area contributed by atoms with E-state index in [4.69, 9.17) is 10.5 Å². The van der Waals surface area contributed by atoms with Gasteiger partial charge >= 0.3 is 0 Å². The Morgan fingerprint density at radius 2 is 1.82 bits per heavy atom. The molecule has 3 N–H and O–H groups in total. The lowest BCUT2D eigenvalue weighted by Crippen LogP contribution is -2.21. The van der Waals surface area contributed by atoms with Crippen LogP contribution in [0, 0.1) is 5.82 Å². The largest absolute Gasteiger partial charge is 0.473 e. The molecule has 0 aliphatic heterocycles. The van der Waals surface area contributed by atoms with E-state index in [2.05, 4.69) is 15.3 Å². The third kappa shape index (κ3) is 3.44. The van der Waals surface area contributed by atoms with Gasteiger partial charge in [-0.05, 0) is 49.9 Å². The van der Waals surface area contributed by atoms with Gasteiger partial charge in [-0.25, -0.2) is 9.37 Å². The molecule has 1 aromatic carbocycles. The molecule has 0 saturated heterocycles. The van der Waals surface area contributed by atoms with Gasteiger partial charge in [-0.1, -0.05) is 6.42 Å². The molecule has 2 aromatic rings. The van der Waals surface area contributed by atoms with Crippen LogP contribution in [-0.4, -0.2) is 16.1 Å². The molecule has 1 heterocycles. The van der Waals surface area contributed by atoms with Crippen molar-refractivity contribution in [2.45, 2.75) is 38.2 Å². The number of nitrogens with zero attached hydrogens (tertiary/aromatic N) is 2. The van der Waals surface area contributed by atoms with E-state index in [0.29, 0.717) is 23.1 Å². The van der Waals surface area contributed by atoms with Crippen LogP contribution in [0.3, 0.4) is 0 Å². The van der Waals surface area contributed by atoms with Crippen LogP contribution in [0.25, 0.3) is 0 Å². The second-order valence-corrected chi connectivity index (χ2v) is 5.45. The molecule has 0 bridgehead atoms.